The molecule has 162 valence electrons. The molecular weight excluding hydrogens is 414 g/mol. The number of aromatic nitrogens is 2. The lowest BCUT2D eigenvalue weighted by molar-refractivity contribution is -0.0258. The molecule has 0 radical (unpaired) electrons. The lowest BCUT2D eigenvalue weighted by Crippen LogP contribution is -2.42. The van der Waals surface area contributed by atoms with Crippen molar-refractivity contribution in [2.75, 3.05) is 19.7 Å². The molecule has 0 spiro atoms. The van der Waals surface area contributed by atoms with Gasteiger partial charge in [-0.15, -0.1) is 0 Å². The molecule has 6 nitrogen and oxygen atoms in total. The van der Waals surface area contributed by atoms with E-state index in [4.69, 9.17) is 25.7 Å². The lowest BCUT2D eigenvalue weighted by atomic mass is 10.0. The number of aryl methyl sites for hydroxylation is 3. The predicted octanol–water partition coefficient (Wildman–Crippen LogP) is 4.71. The van der Waals surface area contributed by atoms with Gasteiger partial charge in [0.05, 0.1) is 24.5 Å². The van der Waals surface area contributed by atoms with Gasteiger partial charge in [-0.25, -0.2) is 4.98 Å². The Kier molecular flexibility index (Phi) is 6.39. The summed E-state index contributed by atoms with van der Waals surface area (Å²) in [6.07, 6.45) is 1.07. The summed E-state index contributed by atoms with van der Waals surface area (Å²) in [4.78, 5) is 23.8. The maximum absolute atomic E-state index is 13.0. The van der Waals surface area contributed by atoms with Gasteiger partial charge in [0.25, 0.3) is 5.91 Å². The summed E-state index contributed by atoms with van der Waals surface area (Å²) < 4.78 is 11.7. The van der Waals surface area contributed by atoms with Crippen molar-refractivity contribution in [1.82, 2.24) is 14.9 Å². The van der Waals surface area contributed by atoms with Gasteiger partial charge in [0, 0.05) is 23.7 Å². The average molecular weight is 440 g/mol. The van der Waals surface area contributed by atoms with E-state index in [1.807, 2.05) is 44.2 Å². The first kappa shape index (κ1) is 21.5. The predicted molar refractivity (Wildman–Crippen MR) is 118 cm³/mol. The molecule has 1 aromatic carbocycles. The first-order chi connectivity index (χ1) is 14.9. The summed E-state index contributed by atoms with van der Waals surface area (Å²) in [5, 5.41) is 0.748. The van der Waals surface area contributed by atoms with Crippen LogP contribution in [-0.2, 0) is 17.6 Å². The summed E-state index contributed by atoms with van der Waals surface area (Å²) in [6.45, 7) is 7.09. The van der Waals surface area contributed by atoms with Gasteiger partial charge in [-0.05, 0) is 49.6 Å². The number of morpholine rings is 1. The van der Waals surface area contributed by atoms with Gasteiger partial charge in [0.2, 0.25) is 5.76 Å². The van der Waals surface area contributed by atoms with Gasteiger partial charge in [-0.1, -0.05) is 36.7 Å². The second-order valence-corrected chi connectivity index (χ2v) is 8.20. The number of carbonyl (C=O) groups excluding carboxylic acids is 1. The number of pyridine rings is 1. The summed E-state index contributed by atoms with van der Waals surface area (Å²) in [7, 11) is 0. The molecule has 4 rings (SSSR count). The highest BCUT2D eigenvalue weighted by atomic mass is 35.5. The number of benzene rings is 1. The van der Waals surface area contributed by atoms with E-state index in [-0.39, 0.29) is 12.0 Å². The van der Waals surface area contributed by atoms with Crippen LogP contribution in [0.2, 0.25) is 5.02 Å². The second-order valence-electron chi connectivity index (χ2n) is 7.80. The van der Waals surface area contributed by atoms with Crippen LogP contribution in [0, 0.1) is 13.8 Å². The zero-order chi connectivity index (χ0) is 22.0. The molecule has 1 amide bonds. The number of ether oxygens (including phenoxy) is 1. The maximum Gasteiger partial charge on any atom is 0.291 e. The summed E-state index contributed by atoms with van der Waals surface area (Å²) >= 11 is 6.34. The molecule has 1 aliphatic rings. The van der Waals surface area contributed by atoms with Crippen LogP contribution < -0.4 is 0 Å². The number of hydrogen-bond acceptors (Lipinski definition) is 5. The number of nitrogens with zero attached hydrogens (tertiary/aromatic N) is 3. The standard InChI is InChI=1S/C24H26ClN3O3/c1-4-22-27-16(3)23(31-22)24(29)28-9-10-30-21(14-28)20-13-17(11-15(2)26-20)12-18-7-5-6-8-19(18)25/h5-8,11,13,21H,4,9-10,12,14H2,1-3H3/t21-/m1/s1. The van der Waals surface area contributed by atoms with E-state index in [1.54, 1.807) is 11.8 Å². The highest BCUT2D eigenvalue weighted by Gasteiger charge is 2.30. The first-order valence-electron chi connectivity index (χ1n) is 10.5. The number of halogens is 1. The Bertz CT molecular complexity index is 1100. The number of carbonyl (C=O) groups is 1. The minimum atomic E-state index is -0.295. The van der Waals surface area contributed by atoms with Crippen molar-refractivity contribution in [1.29, 1.82) is 0 Å². The molecule has 1 fully saturated rings. The Labute approximate surface area is 187 Å². The molecule has 7 heteroatoms. The van der Waals surface area contributed by atoms with Crippen LogP contribution in [0.4, 0.5) is 0 Å². The molecule has 0 N–H and O–H groups in total. The normalized spacial score (nSPS) is 16.5. The smallest absolute Gasteiger partial charge is 0.291 e. The van der Waals surface area contributed by atoms with Crippen molar-refractivity contribution >= 4 is 17.5 Å². The molecule has 0 unspecified atom stereocenters. The van der Waals surface area contributed by atoms with Crippen LogP contribution in [-0.4, -0.2) is 40.5 Å². The van der Waals surface area contributed by atoms with Crippen LogP contribution in [0.1, 0.15) is 57.7 Å². The number of amides is 1. The van der Waals surface area contributed by atoms with Crippen LogP contribution in [0.15, 0.2) is 40.8 Å². The fourth-order valence-electron chi connectivity index (χ4n) is 3.86. The molecule has 3 heterocycles. The van der Waals surface area contributed by atoms with Crippen molar-refractivity contribution < 1.29 is 13.9 Å². The fourth-order valence-corrected chi connectivity index (χ4v) is 4.06. The Morgan fingerprint density at radius 1 is 1.23 bits per heavy atom. The van der Waals surface area contributed by atoms with E-state index >= 15 is 0 Å². The van der Waals surface area contributed by atoms with Crippen molar-refractivity contribution in [2.45, 2.75) is 39.7 Å². The summed E-state index contributed by atoms with van der Waals surface area (Å²) in [6, 6.07) is 11.9. The molecule has 31 heavy (non-hydrogen) atoms. The highest BCUT2D eigenvalue weighted by Crippen LogP contribution is 2.26. The van der Waals surface area contributed by atoms with Gasteiger partial charge < -0.3 is 14.1 Å². The molecule has 1 saturated heterocycles. The fraction of sp³-hybridized carbons (Fsp3) is 0.375. The average Bonchev–Trinajstić information content (AvgIpc) is 3.15. The van der Waals surface area contributed by atoms with Crippen molar-refractivity contribution in [3.63, 3.8) is 0 Å². The van der Waals surface area contributed by atoms with E-state index in [0.29, 0.717) is 49.9 Å². The maximum atomic E-state index is 13.0. The molecule has 3 aromatic rings. The Hall–Kier alpha value is -2.70. The summed E-state index contributed by atoms with van der Waals surface area (Å²) in [5.41, 5.74) is 4.53. The quantitative estimate of drug-likeness (QED) is 0.576. The van der Waals surface area contributed by atoms with Gasteiger partial charge in [0.1, 0.15) is 6.10 Å². The van der Waals surface area contributed by atoms with Crippen molar-refractivity contribution in [3.05, 3.63) is 81.3 Å². The van der Waals surface area contributed by atoms with Crippen LogP contribution in [0.5, 0.6) is 0 Å². The minimum absolute atomic E-state index is 0.151. The molecule has 2 aromatic heterocycles. The largest absolute Gasteiger partial charge is 0.435 e. The summed E-state index contributed by atoms with van der Waals surface area (Å²) in [5.74, 6) is 0.742. The third kappa shape index (κ3) is 4.81. The van der Waals surface area contributed by atoms with E-state index in [2.05, 4.69) is 11.1 Å². The number of oxazole rings is 1. The Morgan fingerprint density at radius 3 is 2.77 bits per heavy atom. The van der Waals surface area contributed by atoms with Crippen LogP contribution >= 0.6 is 11.6 Å². The van der Waals surface area contributed by atoms with Crippen LogP contribution in [0.3, 0.4) is 0 Å². The van der Waals surface area contributed by atoms with E-state index in [9.17, 15) is 4.79 Å². The van der Waals surface area contributed by atoms with Gasteiger partial charge >= 0.3 is 0 Å². The van der Waals surface area contributed by atoms with Gasteiger partial charge in [0.15, 0.2) is 5.89 Å². The first-order valence-corrected chi connectivity index (χ1v) is 10.9. The molecule has 0 bridgehead atoms. The number of hydrogen-bond donors (Lipinski definition) is 0. The third-order valence-corrected chi connectivity index (χ3v) is 5.78. The van der Waals surface area contributed by atoms with E-state index in [1.165, 1.54) is 0 Å². The van der Waals surface area contributed by atoms with E-state index < -0.39 is 0 Å². The monoisotopic (exact) mass is 439 g/mol. The topological polar surface area (TPSA) is 68.5 Å². The zero-order valence-corrected chi connectivity index (χ0v) is 18.8. The molecule has 0 aliphatic carbocycles. The van der Waals surface area contributed by atoms with E-state index in [0.717, 1.165) is 27.5 Å². The van der Waals surface area contributed by atoms with Gasteiger partial charge in [-0.2, -0.15) is 0 Å². The van der Waals surface area contributed by atoms with Crippen molar-refractivity contribution in [3.8, 4) is 0 Å². The minimum Gasteiger partial charge on any atom is -0.435 e. The SMILES string of the molecule is CCc1nc(C)c(C(=O)N2CCO[C@@H](c3cc(Cc4ccccc4Cl)cc(C)n3)C2)o1. The highest BCUT2D eigenvalue weighted by molar-refractivity contribution is 6.31. The second kappa shape index (κ2) is 9.20. The Morgan fingerprint density at radius 2 is 2.03 bits per heavy atom. The third-order valence-electron chi connectivity index (χ3n) is 5.41. The molecule has 0 saturated carbocycles. The van der Waals surface area contributed by atoms with Gasteiger partial charge in [-0.3, -0.25) is 9.78 Å². The zero-order valence-electron chi connectivity index (χ0n) is 18.0. The lowest BCUT2D eigenvalue weighted by Gasteiger charge is -2.32. The van der Waals surface area contributed by atoms with Crippen molar-refractivity contribution in [2.24, 2.45) is 0 Å². The Balaban J connectivity index is 1.54. The molecule has 1 atom stereocenters. The van der Waals surface area contributed by atoms with Crippen LogP contribution in [0.25, 0.3) is 0 Å². The molecular formula is C24H26ClN3O3. The number of rotatable bonds is 5. The molecule has 1 aliphatic heterocycles.